The lowest BCUT2D eigenvalue weighted by molar-refractivity contribution is -0.125. The van der Waals surface area contributed by atoms with E-state index in [0.717, 1.165) is 51.2 Å². The zero-order valence-corrected chi connectivity index (χ0v) is 18.2. The molecule has 2 aliphatic rings. The Morgan fingerprint density at radius 3 is 2.61 bits per heavy atom. The fourth-order valence-corrected chi connectivity index (χ4v) is 4.05. The normalized spacial score (nSPS) is 18.1. The van der Waals surface area contributed by atoms with Crippen LogP contribution in [0.1, 0.15) is 40.5 Å². The quantitative estimate of drug-likeness (QED) is 0.537. The van der Waals surface area contributed by atoms with Crippen LogP contribution in [0.25, 0.3) is 0 Å². The van der Waals surface area contributed by atoms with Crippen LogP contribution in [0, 0.1) is 0 Å². The Hall–Kier alpha value is -2.78. The third kappa shape index (κ3) is 5.48. The molecule has 1 atom stereocenters. The Morgan fingerprint density at radius 2 is 1.97 bits per heavy atom. The zero-order chi connectivity index (χ0) is 22.4. The van der Waals surface area contributed by atoms with Gasteiger partial charge < -0.3 is 15.1 Å². The number of anilines is 1. The number of carbonyl (C=O) groups is 4. The van der Waals surface area contributed by atoms with Crippen molar-refractivity contribution in [3.63, 3.8) is 0 Å². The Kier molecular flexibility index (Phi) is 7.75. The summed E-state index contributed by atoms with van der Waals surface area (Å²) in [6.45, 7) is 7.85. The van der Waals surface area contributed by atoms with Gasteiger partial charge in [-0.2, -0.15) is 0 Å². The van der Waals surface area contributed by atoms with Gasteiger partial charge in [0.2, 0.25) is 12.3 Å². The molecule has 168 valence electrons. The molecule has 0 aliphatic carbocycles. The molecule has 0 bridgehead atoms. The Balaban J connectivity index is 1.60. The topological polar surface area (TPSA) is 102 Å². The van der Waals surface area contributed by atoms with Gasteiger partial charge in [-0.3, -0.25) is 29.4 Å². The van der Waals surface area contributed by atoms with Gasteiger partial charge >= 0.3 is 0 Å². The Morgan fingerprint density at radius 1 is 1.26 bits per heavy atom. The van der Waals surface area contributed by atoms with E-state index >= 15 is 0 Å². The molecule has 0 saturated carbocycles. The van der Waals surface area contributed by atoms with Gasteiger partial charge in [0.25, 0.3) is 5.91 Å². The number of piperazine rings is 1. The number of benzene rings is 1. The van der Waals surface area contributed by atoms with E-state index in [9.17, 15) is 19.2 Å². The SMILES string of the molecule is CC(CCC(=O)NC=O)N(C)C(=O)c1ccc(N2CC(N3CCNCC3)C2)cc1C=O. The minimum Gasteiger partial charge on any atom is -0.368 e. The van der Waals surface area contributed by atoms with Crippen LogP contribution in [-0.4, -0.2) is 92.7 Å². The fourth-order valence-electron chi connectivity index (χ4n) is 4.05. The first-order valence-electron chi connectivity index (χ1n) is 10.7. The molecule has 2 saturated heterocycles. The molecular formula is C22H31N5O4. The molecule has 0 spiro atoms. The van der Waals surface area contributed by atoms with Crippen LogP contribution in [0.2, 0.25) is 0 Å². The van der Waals surface area contributed by atoms with Gasteiger partial charge in [0.05, 0.1) is 5.56 Å². The van der Waals surface area contributed by atoms with Gasteiger partial charge in [0.15, 0.2) is 6.29 Å². The highest BCUT2D eigenvalue weighted by Crippen LogP contribution is 2.26. The second-order valence-electron chi connectivity index (χ2n) is 8.22. The number of hydrogen-bond donors (Lipinski definition) is 2. The molecule has 0 radical (unpaired) electrons. The van der Waals surface area contributed by atoms with E-state index < -0.39 is 0 Å². The van der Waals surface area contributed by atoms with E-state index in [1.807, 2.05) is 13.0 Å². The van der Waals surface area contributed by atoms with Gasteiger partial charge in [-0.15, -0.1) is 0 Å². The van der Waals surface area contributed by atoms with E-state index in [4.69, 9.17) is 0 Å². The summed E-state index contributed by atoms with van der Waals surface area (Å²) in [7, 11) is 1.65. The molecule has 31 heavy (non-hydrogen) atoms. The number of nitrogens with zero attached hydrogens (tertiary/aromatic N) is 3. The standard InChI is InChI=1S/C22H31N5O4/c1-16(3-6-21(30)24-15-29)25(2)22(31)20-5-4-18(11-17(20)14-28)27-12-19(13-27)26-9-7-23-8-10-26/h4-5,11,14-16,19,23H,3,6-10,12-13H2,1-2H3,(H,24,29,30). The smallest absolute Gasteiger partial charge is 0.254 e. The number of carbonyl (C=O) groups excluding carboxylic acids is 4. The number of hydrogen-bond acceptors (Lipinski definition) is 7. The summed E-state index contributed by atoms with van der Waals surface area (Å²) < 4.78 is 0. The van der Waals surface area contributed by atoms with E-state index in [1.54, 1.807) is 19.2 Å². The molecule has 1 aromatic carbocycles. The molecule has 2 fully saturated rings. The molecule has 2 N–H and O–H groups in total. The van der Waals surface area contributed by atoms with Crippen LogP contribution < -0.4 is 15.5 Å². The van der Waals surface area contributed by atoms with Crippen molar-refractivity contribution >= 4 is 30.2 Å². The highest BCUT2D eigenvalue weighted by molar-refractivity contribution is 6.02. The average molecular weight is 430 g/mol. The first-order chi connectivity index (χ1) is 14.9. The summed E-state index contributed by atoms with van der Waals surface area (Å²) in [6.07, 6.45) is 1.63. The van der Waals surface area contributed by atoms with Crippen LogP contribution in [0.5, 0.6) is 0 Å². The molecule has 9 heteroatoms. The predicted octanol–water partition coefficient (Wildman–Crippen LogP) is 0.106. The minimum atomic E-state index is -0.380. The molecule has 2 aliphatic heterocycles. The number of imide groups is 1. The largest absolute Gasteiger partial charge is 0.368 e. The first kappa shape index (κ1) is 22.9. The van der Waals surface area contributed by atoms with Crippen molar-refractivity contribution in [3.05, 3.63) is 29.3 Å². The monoisotopic (exact) mass is 429 g/mol. The van der Waals surface area contributed by atoms with Gasteiger partial charge in [-0.1, -0.05) is 0 Å². The maximum atomic E-state index is 12.9. The van der Waals surface area contributed by atoms with Crippen LogP contribution in [-0.2, 0) is 9.59 Å². The fraction of sp³-hybridized carbons (Fsp3) is 0.545. The molecular weight excluding hydrogens is 398 g/mol. The molecule has 1 aromatic rings. The Labute approximate surface area is 182 Å². The van der Waals surface area contributed by atoms with Crippen molar-refractivity contribution in [2.45, 2.75) is 31.8 Å². The van der Waals surface area contributed by atoms with Crippen LogP contribution >= 0.6 is 0 Å². The molecule has 9 nitrogen and oxygen atoms in total. The second kappa shape index (κ2) is 10.5. The molecule has 3 amide bonds. The van der Waals surface area contributed by atoms with E-state index in [1.165, 1.54) is 4.90 Å². The van der Waals surface area contributed by atoms with Gasteiger partial charge in [-0.05, 0) is 31.5 Å². The zero-order valence-electron chi connectivity index (χ0n) is 18.2. The Bertz CT molecular complexity index is 818. The lowest BCUT2D eigenvalue weighted by Gasteiger charge is -2.48. The summed E-state index contributed by atoms with van der Waals surface area (Å²) in [4.78, 5) is 52.7. The second-order valence-corrected chi connectivity index (χ2v) is 8.22. The summed E-state index contributed by atoms with van der Waals surface area (Å²) in [5.74, 6) is -0.645. The van der Waals surface area contributed by atoms with Crippen molar-refractivity contribution in [1.29, 1.82) is 0 Å². The number of rotatable bonds is 9. The number of aldehydes is 1. The van der Waals surface area contributed by atoms with Crippen molar-refractivity contribution in [2.75, 3.05) is 51.2 Å². The maximum absolute atomic E-state index is 12.9. The van der Waals surface area contributed by atoms with Crippen LogP contribution in [0.3, 0.4) is 0 Å². The lowest BCUT2D eigenvalue weighted by Crippen LogP contribution is -2.62. The summed E-state index contributed by atoms with van der Waals surface area (Å²) in [6, 6.07) is 5.70. The van der Waals surface area contributed by atoms with Crippen molar-refractivity contribution < 1.29 is 19.2 Å². The summed E-state index contributed by atoms with van der Waals surface area (Å²) >= 11 is 0. The van der Waals surface area contributed by atoms with E-state index in [-0.39, 0.29) is 24.3 Å². The van der Waals surface area contributed by atoms with E-state index in [2.05, 4.69) is 20.4 Å². The highest BCUT2D eigenvalue weighted by atomic mass is 16.2. The maximum Gasteiger partial charge on any atom is 0.254 e. The lowest BCUT2D eigenvalue weighted by atomic mass is 10.0. The average Bonchev–Trinajstić information content (AvgIpc) is 2.76. The van der Waals surface area contributed by atoms with Gasteiger partial charge in [-0.25, -0.2) is 0 Å². The van der Waals surface area contributed by atoms with Gasteiger partial charge in [0, 0.05) is 76.1 Å². The summed E-state index contributed by atoms with van der Waals surface area (Å²) in [5.41, 5.74) is 1.67. The highest BCUT2D eigenvalue weighted by Gasteiger charge is 2.33. The van der Waals surface area contributed by atoms with Crippen molar-refractivity contribution in [3.8, 4) is 0 Å². The van der Waals surface area contributed by atoms with Crippen LogP contribution in [0.15, 0.2) is 18.2 Å². The third-order valence-electron chi connectivity index (χ3n) is 6.28. The van der Waals surface area contributed by atoms with Gasteiger partial charge in [0.1, 0.15) is 0 Å². The molecule has 2 heterocycles. The number of nitrogens with one attached hydrogen (secondary N) is 2. The molecule has 0 aromatic heterocycles. The predicted molar refractivity (Wildman–Crippen MR) is 117 cm³/mol. The van der Waals surface area contributed by atoms with E-state index in [0.29, 0.717) is 30.0 Å². The molecule has 1 unspecified atom stereocenters. The third-order valence-corrected chi connectivity index (χ3v) is 6.28. The first-order valence-corrected chi connectivity index (χ1v) is 10.7. The molecule has 3 rings (SSSR count). The van der Waals surface area contributed by atoms with Crippen molar-refractivity contribution in [1.82, 2.24) is 20.4 Å². The summed E-state index contributed by atoms with van der Waals surface area (Å²) in [5, 5.41) is 5.46. The van der Waals surface area contributed by atoms with Crippen LogP contribution in [0.4, 0.5) is 5.69 Å². The van der Waals surface area contributed by atoms with Crippen molar-refractivity contribution in [2.24, 2.45) is 0 Å². The minimum absolute atomic E-state index is 0.139. The number of amides is 3.